The Morgan fingerprint density at radius 2 is 2.00 bits per heavy atom. The molecule has 86 valence electrons. The summed E-state index contributed by atoms with van der Waals surface area (Å²) in [6.07, 6.45) is 1.95. The molecule has 0 atom stereocenters. The van der Waals surface area contributed by atoms with Gasteiger partial charge in [0.05, 0.1) is 12.2 Å². The van der Waals surface area contributed by atoms with Gasteiger partial charge in [-0.1, -0.05) is 24.0 Å². The average Bonchev–Trinajstić information content (AvgIpc) is 2.30. The van der Waals surface area contributed by atoms with E-state index in [9.17, 15) is 4.79 Å². The fraction of sp³-hybridized carbons (Fsp3) is 0.273. The predicted octanol–water partition coefficient (Wildman–Crippen LogP) is 3.60. The second kappa shape index (κ2) is 6.93. The second-order valence-electron chi connectivity index (χ2n) is 2.80. The van der Waals surface area contributed by atoms with Crippen LogP contribution >= 0.6 is 35.7 Å². The average molecular weight is 272 g/mol. The number of carbonyl (C=O) groups is 1. The molecule has 0 bridgehead atoms. The Bertz CT molecular complexity index is 373. The van der Waals surface area contributed by atoms with Crippen molar-refractivity contribution in [3.05, 3.63) is 29.8 Å². The van der Waals surface area contributed by atoms with Gasteiger partial charge >= 0.3 is 5.97 Å². The van der Waals surface area contributed by atoms with Gasteiger partial charge in [0.15, 0.2) is 0 Å². The highest BCUT2D eigenvalue weighted by atomic mass is 32.2. The molecule has 0 fully saturated rings. The summed E-state index contributed by atoms with van der Waals surface area (Å²) < 4.78 is 5.76. The fourth-order valence-corrected chi connectivity index (χ4v) is 2.39. The number of esters is 1. The normalized spacial score (nSPS) is 9.88. The van der Waals surface area contributed by atoms with Crippen LogP contribution in [0, 0.1) is 0 Å². The van der Waals surface area contributed by atoms with E-state index in [4.69, 9.17) is 17.0 Å². The Hall–Kier alpha value is -0.520. The van der Waals surface area contributed by atoms with Crippen molar-refractivity contribution in [2.45, 2.75) is 11.8 Å². The van der Waals surface area contributed by atoms with Crippen LogP contribution in [-0.2, 0) is 4.74 Å². The van der Waals surface area contributed by atoms with E-state index in [0.717, 1.165) is 8.42 Å². The lowest BCUT2D eigenvalue weighted by Crippen LogP contribution is -2.03. The minimum Gasteiger partial charge on any atom is -0.462 e. The van der Waals surface area contributed by atoms with E-state index in [0.29, 0.717) is 12.2 Å². The summed E-state index contributed by atoms with van der Waals surface area (Å²) in [5.41, 5.74) is 0.571. The second-order valence-corrected chi connectivity index (χ2v) is 5.88. The van der Waals surface area contributed by atoms with Crippen molar-refractivity contribution >= 4 is 45.2 Å². The number of ether oxygens (including phenoxy) is 1. The van der Waals surface area contributed by atoms with Crippen molar-refractivity contribution in [1.29, 1.82) is 0 Å². The van der Waals surface area contributed by atoms with Crippen molar-refractivity contribution < 1.29 is 9.53 Å². The van der Waals surface area contributed by atoms with E-state index in [1.165, 1.54) is 11.8 Å². The predicted molar refractivity (Wildman–Crippen MR) is 74.4 cm³/mol. The lowest BCUT2D eigenvalue weighted by Gasteiger charge is -2.03. The monoisotopic (exact) mass is 272 g/mol. The number of rotatable bonds is 3. The molecule has 0 saturated heterocycles. The molecule has 0 radical (unpaired) electrons. The minimum absolute atomic E-state index is 0.286. The Labute approximate surface area is 109 Å². The van der Waals surface area contributed by atoms with Gasteiger partial charge in [-0.2, -0.15) is 0 Å². The van der Waals surface area contributed by atoms with E-state index < -0.39 is 0 Å². The molecule has 0 N–H and O–H groups in total. The van der Waals surface area contributed by atoms with Crippen molar-refractivity contribution in [3.63, 3.8) is 0 Å². The molecular weight excluding hydrogens is 260 g/mol. The third-order valence-corrected chi connectivity index (χ3v) is 4.24. The van der Waals surface area contributed by atoms with E-state index in [2.05, 4.69) is 0 Å². The van der Waals surface area contributed by atoms with Gasteiger partial charge in [0, 0.05) is 4.90 Å². The lowest BCUT2D eigenvalue weighted by molar-refractivity contribution is 0.0526. The smallest absolute Gasteiger partial charge is 0.338 e. The number of hydrogen-bond donors (Lipinski definition) is 0. The first-order valence-electron chi connectivity index (χ1n) is 4.70. The molecule has 0 aliphatic heterocycles. The standard InChI is InChI=1S/C11H12O2S3/c1-3-13-10(12)8-4-6-9(7-5-8)16-11(14)15-2/h4-7H,3H2,1-2H3. The van der Waals surface area contributed by atoms with Gasteiger partial charge in [0.1, 0.15) is 3.53 Å². The van der Waals surface area contributed by atoms with Crippen molar-refractivity contribution in [1.82, 2.24) is 0 Å². The van der Waals surface area contributed by atoms with E-state index >= 15 is 0 Å². The maximum absolute atomic E-state index is 11.4. The molecule has 5 heteroatoms. The molecule has 0 unspecified atom stereocenters. The third-order valence-electron chi connectivity index (χ3n) is 1.73. The largest absolute Gasteiger partial charge is 0.462 e. The maximum atomic E-state index is 11.4. The molecule has 0 saturated carbocycles. The van der Waals surface area contributed by atoms with Crippen molar-refractivity contribution in [2.24, 2.45) is 0 Å². The molecule has 0 heterocycles. The highest BCUT2D eigenvalue weighted by Crippen LogP contribution is 2.25. The van der Waals surface area contributed by atoms with E-state index in [1.54, 1.807) is 30.8 Å². The molecule has 0 amide bonds. The third kappa shape index (κ3) is 4.15. The molecule has 0 aromatic heterocycles. The Kier molecular flexibility index (Phi) is 5.87. The minimum atomic E-state index is -0.286. The summed E-state index contributed by atoms with van der Waals surface area (Å²) in [5.74, 6) is -0.286. The Balaban J connectivity index is 2.67. The molecule has 1 aromatic carbocycles. The first-order valence-corrected chi connectivity index (χ1v) is 7.15. The summed E-state index contributed by atoms with van der Waals surface area (Å²) in [5, 5.41) is 0. The number of hydrogen-bond acceptors (Lipinski definition) is 5. The zero-order valence-corrected chi connectivity index (χ0v) is 11.5. The highest BCUT2D eigenvalue weighted by Gasteiger charge is 2.06. The molecular formula is C11H12O2S3. The maximum Gasteiger partial charge on any atom is 0.338 e. The van der Waals surface area contributed by atoms with Crippen LogP contribution in [0.2, 0.25) is 0 Å². The Morgan fingerprint density at radius 3 is 2.50 bits per heavy atom. The zero-order valence-electron chi connectivity index (χ0n) is 9.06. The van der Waals surface area contributed by atoms with Crippen LogP contribution in [-0.4, -0.2) is 22.4 Å². The quantitative estimate of drug-likeness (QED) is 0.476. The van der Waals surface area contributed by atoms with Gasteiger partial charge in [-0.15, -0.1) is 11.8 Å². The van der Waals surface area contributed by atoms with Crippen LogP contribution in [0.4, 0.5) is 0 Å². The zero-order chi connectivity index (χ0) is 12.0. The Morgan fingerprint density at radius 1 is 1.38 bits per heavy atom. The summed E-state index contributed by atoms with van der Waals surface area (Å²) >= 11 is 8.16. The van der Waals surface area contributed by atoms with Crippen LogP contribution < -0.4 is 0 Å². The number of thioether (sulfide) groups is 2. The molecule has 1 rings (SSSR count). The van der Waals surface area contributed by atoms with Gasteiger partial charge in [-0.05, 0) is 37.4 Å². The van der Waals surface area contributed by atoms with Gasteiger partial charge in [-0.25, -0.2) is 4.79 Å². The topological polar surface area (TPSA) is 26.3 Å². The van der Waals surface area contributed by atoms with Crippen molar-refractivity contribution in [3.8, 4) is 0 Å². The number of thiocarbonyl (C=S) groups is 1. The number of carbonyl (C=O) groups excluding carboxylic acids is 1. The first-order chi connectivity index (χ1) is 7.67. The van der Waals surface area contributed by atoms with Gasteiger partial charge < -0.3 is 4.74 Å². The molecule has 2 nitrogen and oxygen atoms in total. The lowest BCUT2D eigenvalue weighted by atomic mass is 10.2. The van der Waals surface area contributed by atoms with Crippen LogP contribution in [0.5, 0.6) is 0 Å². The SMILES string of the molecule is CCOC(=O)c1ccc(SC(=S)SC)cc1. The first kappa shape index (κ1) is 13.5. The fourth-order valence-electron chi connectivity index (χ4n) is 1.01. The van der Waals surface area contributed by atoms with E-state index in [-0.39, 0.29) is 5.97 Å². The highest BCUT2D eigenvalue weighted by molar-refractivity contribution is 8.47. The summed E-state index contributed by atoms with van der Waals surface area (Å²) in [4.78, 5) is 12.4. The summed E-state index contributed by atoms with van der Waals surface area (Å²) in [6.45, 7) is 2.19. The number of benzene rings is 1. The van der Waals surface area contributed by atoms with Gasteiger partial charge in [-0.3, -0.25) is 0 Å². The van der Waals surface area contributed by atoms with E-state index in [1.807, 2.05) is 18.4 Å². The summed E-state index contributed by atoms with van der Waals surface area (Å²) in [7, 11) is 0. The molecule has 1 aromatic rings. The molecule has 0 aliphatic carbocycles. The van der Waals surface area contributed by atoms with Gasteiger partial charge in [0.25, 0.3) is 0 Å². The van der Waals surface area contributed by atoms with Crippen LogP contribution in [0.25, 0.3) is 0 Å². The van der Waals surface area contributed by atoms with Crippen molar-refractivity contribution in [2.75, 3.05) is 12.9 Å². The van der Waals surface area contributed by atoms with Gasteiger partial charge in [0.2, 0.25) is 0 Å². The van der Waals surface area contributed by atoms with Crippen LogP contribution in [0.3, 0.4) is 0 Å². The van der Waals surface area contributed by atoms with Crippen LogP contribution in [0.15, 0.2) is 29.2 Å². The molecule has 16 heavy (non-hydrogen) atoms. The van der Waals surface area contributed by atoms with Crippen LogP contribution in [0.1, 0.15) is 17.3 Å². The molecule has 0 aliphatic rings. The molecule has 0 spiro atoms. The summed E-state index contributed by atoms with van der Waals surface area (Å²) in [6, 6.07) is 7.26.